The van der Waals surface area contributed by atoms with E-state index in [0.717, 1.165) is 26.4 Å². The summed E-state index contributed by atoms with van der Waals surface area (Å²) in [5.74, 6) is 4.51. The number of rotatable bonds is 19. The maximum absolute atomic E-state index is 13.4. The standard InChI is InChI=1S/C46H57Cl2F3N6O6S/c1-8-45(7,22-19-39(58)56-52)61-27-29(2)53-42(59)44(5,6)62-28-43(3,4)63-40-26-38(54-35-20-23-57(24-21-35)64(60)46(49,50)51)36-25-32(13-18-37(36)55-40)41(30-9-14-33(47)15-10-30)31-11-16-34(48)17-12-31/h9-18,25-27,35,41H,8,19-24,28,52H2,1-7H3,(H,53,59)(H,54,55)(H,56,58)/b29-27+. The molecule has 0 radical (unpaired) electrons. The minimum absolute atomic E-state index is 0.0138. The zero-order valence-corrected chi connectivity index (χ0v) is 39.4. The van der Waals surface area contributed by atoms with E-state index in [2.05, 4.69) is 16.1 Å². The van der Waals surface area contributed by atoms with Gasteiger partial charge in [-0.25, -0.2) is 19.3 Å². The van der Waals surface area contributed by atoms with Crippen LogP contribution in [0, 0.1) is 0 Å². The second-order valence-electron chi connectivity index (χ2n) is 17.3. The number of pyridine rings is 1. The number of halogens is 5. The van der Waals surface area contributed by atoms with Crippen molar-refractivity contribution in [1.82, 2.24) is 20.0 Å². The average molecular weight is 950 g/mol. The normalized spacial score (nSPS) is 16.0. The summed E-state index contributed by atoms with van der Waals surface area (Å²) in [6, 6.07) is 22.7. The third-order valence-electron chi connectivity index (χ3n) is 11.1. The largest absolute Gasteiger partial charge is 0.493 e. The zero-order valence-electron chi connectivity index (χ0n) is 37.0. The van der Waals surface area contributed by atoms with Crippen LogP contribution in [0.2, 0.25) is 10.0 Å². The number of nitrogens with two attached hydrogens (primary N) is 1. The summed E-state index contributed by atoms with van der Waals surface area (Å²) < 4.78 is 71.7. The van der Waals surface area contributed by atoms with Crippen molar-refractivity contribution in [2.24, 2.45) is 5.84 Å². The number of nitrogens with one attached hydrogen (secondary N) is 3. The van der Waals surface area contributed by atoms with Gasteiger partial charge in [0, 0.05) is 64.4 Å². The number of hydrogen-bond acceptors (Lipinski definition) is 9. The fraction of sp³-hybridized carbons (Fsp3) is 0.457. The lowest BCUT2D eigenvalue weighted by molar-refractivity contribution is -0.148. The Morgan fingerprint density at radius 3 is 2.06 bits per heavy atom. The maximum atomic E-state index is 13.4. The Morgan fingerprint density at radius 2 is 1.52 bits per heavy atom. The van der Waals surface area contributed by atoms with E-state index in [0.29, 0.717) is 52.6 Å². The SMILES string of the molecule is CCC(C)(CCC(=O)NN)O/C=C(\C)NC(=O)C(C)(C)OCC(C)(C)Oc1cc(NC2CCN(S(=O)C(F)(F)F)CC2)c2cc(C(c3ccc(Cl)cc3)c3ccc(Cl)cc3)ccc2n1. The summed E-state index contributed by atoms with van der Waals surface area (Å²) in [4.78, 5) is 30.0. The van der Waals surface area contributed by atoms with Gasteiger partial charge in [0.2, 0.25) is 22.8 Å². The number of piperidine rings is 1. The summed E-state index contributed by atoms with van der Waals surface area (Å²) in [6.07, 6.45) is 3.28. The molecule has 1 saturated heterocycles. The zero-order chi connectivity index (χ0) is 47.0. The highest BCUT2D eigenvalue weighted by Gasteiger charge is 2.42. The van der Waals surface area contributed by atoms with Crippen LogP contribution in [-0.2, 0) is 30.0 Å². The number of carbonyl (C=O) groups is 2. The number of hydrazine groups is 1. The summed E-state index contributed by atoms with van der Waals surface area (Å²) in [5.41, 5.74) is -1.11. The van der Waals surface area contributed by atoms with Crippen molar-refractivity contribution in [2.75, 3.05) is 25.0 Å². The molecule has 2 unspecified atom stereocenters. The van der Waals surface area contributed by atoms with Crippen molar-refractivity contribution < 1.29 is 41.2 Å². The Balaban J connectivity index is 1.39. The number of aromatic nitrogens is 1. The minimum atomic E-state index is -4.83. The minimum Gasteiger partial charge on any atom is -0.493 e. The van der Waals surface area contributed by atoms with Crippen LogP contribution < -0.4 is 26.6 Å². The van der Waals surface area contributed by atoms with E-state index in [-0.39, 0.29) is 49.9 Å². The summed E-state index contributed by atoms with van der Waals surface area (Å²) in [6.45, 7) is 12.3. The third kappa shape index (κ3) is 13.8. The molecule has 0 saturated carbocycles. The Labute approximate surface area is 385 Å². The van der Waals surface area contributed by atoms with Crippen LogP contribution in [0.25, 0.3) is 10.9 Å². The average Bonchev–Trinajstić information content (AvgIpc) is 3.25. The van der Waals surface area contributed by atoms with E-state index in [9.17, 15) is 27.0 Å². The molecule has 0 bridgehead atoms. The fourth-order valence-electron chi connectivity index (χ4n) is 7.08. The lowest BCUT2D eigenvalue weighted by atomic mass is 9.84. The highest BCUT2D eigenvalue weighted by Crippen LogP contribution is 2.38. The second kappa shape index (κ2) is 21.2. The molecule has 2 heterocycles. The molecule has 0 spiro atoms. The number of nitrogens with zero attached hydrogens (tertiary/aromatic N) is 2. The van der Waals surface area contributed by atoms with Crippen molar-refractivity contribution in [3.63, 3.8) is 0 Å². The van der Waals surface area contributed by atoms with Gasteiger partial charge >= 0.3 is 5.51 Å². The number of ether oxygens (including phenoxy) is 3. The van der Waals surface area contributed by atoms with Gasteiger partial charge in [-0.05, 0) is 120 Å². The molecule has 5 N–H and O–H groups in total. The Bertz CT molecular complexity index is 2260. The van der Waals surface area contributed by atoms with E-state index in [4.69, 9.17) is 48.2 Å². The number of fused-ring (bicyclic) bond motifs is 1. The lowest BCUT2D eigenvalue weighted by Crippen LogP contribution is -2.47. The van der Waals surface area contributed by atoms with Gasteiger partial charge in [-0.3, -0.25) is 15.0 Å². The molecule has 348 valence electrons. The number of alkyl halides is 3. The summed E-state index contributed by atoms with van der Waals surface area (Å²) in [7, 11) is -3.09. The summed E-state index contributed by atoms with van der Waals surface area (Å²) >= 11 is 12.6. The van der Waals surface area contributed by atoms with Crippen molar-refractivity contribution in [3.05, 3.63) is 111 Å². The number of hydrogen-bond donors (Lipinski definition) is 4. The van der Waals surface area contributed by atoms with Crippen LogP contribution in [0.5, 0.6) is 5.88 Å². The van der Waals surface area contributed by atoms with E-state index in [1.54, 1.807) is 40.7 Å². The van der Waals surface area contributed by atoms with Gasteiger partial charge in [0.05, 0.1) is 12.1 Å². The first-order valence-corrected chi connectivity index (χ1v) is 22.8. The molecule has 18 heteroatoms. The molecule has 1 aliphatic heterocycles. The lowest BCUT2D eigenvalue weighted by Gasteiger charge is -2.33. The first kappa shape index (κ1) is 50.5. The van der Waals surface area contributed by atoms with Crippen LogP contribution in [0.4, 0.5) is 18.9 Å². The van der Waals surface area contributed by atoms with Gasteiger partial charge in [0.15, 0.2) is 0 Å². The van der Waals surface area contributed by atoms with E-state index in [1.807, 2.05) is 80.6 Å². The molecule has 1 aromatic heterocycles. The molecule has 3 aromatic carbocycles. The first-order chi connectivity index (χ1) is 30.0. The van der Waals surface area contributed by atoms with Gasteiger partial charge in [0.25, 0.3) is 5.91 Å². The number of allylic oxidation sites excluding steroid dienone is 1. The van der Waals surface area contributed by atoms with Crippen LogP contribution >= 0.6 is 23.2 Å². The number of amides is 2. The van der Waals surface area contributed by atoms with Crippen LogP contribution in [0.3, 0.4) is 0 Å². The highest BCUT2D eigenvalue weighted by molar-refractivity contribution is 7.83. The maximum Gasteiger partial charge on any atom is 0.485 e. The second-order valence-corrected chi connectivity index (χ2v) is 19.6. The predicted molar refractivity (Wildman–Crippen MR) is 246 cm³/mol. The predicted octanol–water partition coefficient (Wildman–Crippen LogP) is 9.67. The molecular formula is C46H57Cl2F3N6O6S. The van der Waals surface area contributed by atoms with Gasteiger partial charge < -0.3 is 24.8 Å². The Kier molecular flexibility index (Phi) is 16.8. The highest BCUT2D eigenvalue weighted by atomic mass is 35.5. The number of benzene rings is 3. The van der Waals surface area contributed by atoms with Crippen molar-refractivity contribution in [2.45, 2.75) is 115 Å². The topological polar surface area (TPSA) is 157 Å². The first-order valence-electron chi connectivity index (χ1n) is 21.0. The molecule has 64 heavy (non-hydrogen) atoms. The van der Waals surface area contributed by atoms with Gasteiger partial charge in [-0.15, -0.1) is 0 Å². The van der Waals surface area contributed by atoms with E-state index >= 15 is 0 Å². The van der Waals surface area contributed by atoms with Gasteiger partial charge in [0.1, 0.15) is 23.1 Å². The smallest absolute Gasteiger partial charge is 0.485 e. The van der Waals surface area contributed by atoms with Crippen molar-refractivity contribution in [3.8, 4) is 5.88 Å². The number of anilines is 1. The number of carbonyl (C=O) groups excluding carboxylic acids is 2. The Hall–Kier alpha value is -4.45. The third-order valence-corrected chi connectivity index (χ3v) is 12.9. The van der Waals surface area contributed by atoms with Gasteiger partial charge in [-0.1, -0.05) is 60.5 Å². The monoisotopic (exact) mass is 948 g/mol. The summed E-state index contributed by atoms with van der Waals surface area (Å²) in [5, 5.41) is 8.32. The molecule has 4 aromatic rings. The van der Waals surface area contributed by atoms with Gasteiger partial charge in [-0.2, -0.15) is 13.2 Å². The molecular weight excluding hydrogens is 893 g/mol. The molecule has 2 amide bonds. The fourth-order valence-corrected chi connectivity index (χ4v) is 8.17. The Morgan fingerprint density at radius 1 is 0.938 bits per heavy atom. The van der Waals surface area contributed by atoms with Crippen LogP contribution in [-0.4, -0.2) is 73.4 Å². The van der Waals surface area contributed by atoms with E-state index < -0.39 is 39.2 Å². The molecule has 1 aliphatic rings. The van der Waals surface area contributed by atoms with Crippen LogP contribution in [0.1, 0.15) is 103 Å². The van der Waals surface area contributed by atoms with Crippen molar-refractivity contribution in [1.29, 1.82) is 0 Å². The van der Waals surface area contributed by atoms with E-state index in [1.165, 1.54) is 6.26 Å². The van der Waals surface area contributed by atoms with Crippen LogP contribution in [0.15, 0.2) is 84.8 Å². The molecule has 5 rings (SSSR count). The van der Waals surface area contributed by atoms with Crippen molar-refractivity contribution >= 4 is 62.6 Å². The quantitative estimate of drug-likeness (QED) is 0.0236. The molecule has 2 atom stereocenters. The molecule has 12 nitrogen and oxygen atoms in total. The molecule has 1 fully saturated rings. The molecule has 0 aliphatic carbocycles.